The van der Waals surface area contributed by atoms with Gasteiger partial charge in [-0.1, -0.05) is 41.9 Å². The highest BCUT2D eigenvalue weighted by atomic mass is 79.9. The van der Waals surface area contributed by atoms with Crippen molar-refractivity contribution < 1.29 is 9.47 Å². The second-order valence-electron chi connectivity index (χ2n) is 6.47. The van der Waals surface area contributed by atoms with Crippen LogP contribution in [0.3, 0.4) is 0 Å². The lowest BCUT2D eigenvalue weighted by molar-refractivity contribution is 0.282. The first-order chi connectivity index (χ1) is 13.6. The summed E-state index contributed by atoms with van der Waals surface area (Å²) in [6, 6.07) is 12.2. The zero-order chi connectivity index (χ0) is 19.9. The summed E-state index contributed by atoms with van der Waals surface area (Å²) in [6.07, 6.45) is 0.964. The van der Waals surface area contributed by atoms with Crippen LogP contribution in [0.2, 0.25) is 0 Å². The molecule has 0 radical (unpaired) electrons. The van der Waals surface area contributed by atoms with Gasteiger partial charge in [-0.3, -0.25) is 0 Å². The Morgan fingerprint density at radius 3 is 2.79 bits per heavy atom. The van der Waals surface area contributed by atoms with Gasteiger partial charge < -0.3 is 14.8 Å². The molecule has 0 aliphatic carbocycles. The monoisotopic (exact) mass is 445 g/mol. The van der Waals surface area contributed by atoms with E-state index in [4.69, 9.17) is 9.47 Å². The van der Waals surface area contributed by atoms with Crippen LogP contribution in [0.15, 0.2) is 40.9 Å². The number of nitrogens with one attached hydrogen (secondary N) is 1. The normalized spacial score (nSPS) is 10.7. The van der Waals surface area contributed by atoms with Crippen LogP contribution < -0.4 is 14.8 Å². The number of rotatable bonds is 9. The molecule has 1 aromatic heterocycles. The number of aryl methyl sites for hydroxylation is 2. The number of hydrogen-bond donors (Lipinski definition) is 1. The highest BCUT2D eigenvalue weighted by Gasteiger charge is 2.13. The number of hydrogen-bond acceptors (Lipinski definition) is 6. The molecule has 0 fully saturated rings. The van der Waals surface area contributed by atoms with Crippen LogP contribution in [-0.2, 0) is 19.7 Å². The molecule has 3 aromatic rings. The van der Waals surface area contributed by atoms with E-state index in [0.29, 0.717) is 30.6 Å². The van der Waals surface area contributed by atoms with Crippen molar-refractivity contribution in [1.82, 2.24) is 20.2 Å². The predicted octanol–water partition coefficient (Wildman–Crippen LogP) is 4.35. The van der Waals surface area contributed by atoms with E-state index in [1.807, 2.05) is 24.3 Å². The quantitative estimate of drug-likeness (QED) is 0.527. The molecule has 0 bridgehead atoms. The van der Waals surface area contributed by atoms with Crippen molar-refractivity contribution in [3.8, 4) is 11.5 Å². The van der Waals surface area contributed by atoms with Gasteiger partial charge in [0.15, 0.2) is 11.5 Å². The topological polar surface area (TPSA) is 74.1 Å². The van der Waals surface area contributed by atoms with Gasteiger partial charge in [-0.05, 0) is 63.0 Å². The maximum Gasteiger partial charge on any atom is 0.243 e. The molecule has 1 N–H and O–H groups in total. The highest BCUT2D eigenvalue weighted by Crippen LogP contribution is 2.37. The Bertz CT molecular complexity index is 929. The fourth-order valence-electron chi connectivity index (χ4n) is 2.85. The first kappa shape index (κ1) is 20.1. The summed E-state index contributed by atoms with van der Waals surface area (Å²) in [7, 11) is 1.64. The molecule has 8 heteroatoms. The number of halogens is 1. The second-order valence-corrected chi connectivity index (χ2v) is 7.32. The lowest BCUT2D eigenvalue weighted by Gasteiger charge is -2.15. The van der Waals surface area contributed by atoms with Crippen LogP contribution in [0.4, 0.5) is 5.95 Å². The number of methoxy groups -OCH3 is 1. The molecule has 0 aliphatic heterocycles. The van der Waals surface area contributed by atoms with Crippen molar-refractivity contribution in [3.05, 3.63) is 57.6 Å². The molecule has 2 aromatic carbocycles. The highest BCUT2D eigenvalue weighted by molar-refractivity contribution is 9.10. The van der Waals surface area contributed by atoms with E-state index in [2.05, 4.69) is 62.8 Å². The predicted molar refractivity (Wildman–Crippen MR) is 112 cm³/mol. The van der Waals surface area contributed by atoms with Crippen molar-refractivity contribution in [2.24, 2.45) is 0 Å². The molecule has 0 unspecified atom stereocenters. The Labute approximate surface area is 173 Å². The van der Waals surface area contributed by atoms with Gasteiger partial charge >= 0.3 is 0 Å². The van der Waals surface area contributed by atoms with E-state index >= 15 is 0 Å². The Balaban J connectivity index is 1.71. The SMILES string of the molecule is CCCn1nnnc1NCc1cc(Br)c(OCc2cccc(C)c2)c(OC)c1. The minimum absolute atomic E-state index is 0.472. The Morgan fingerprint density at radius 1 is 1.18 bits per heavy atom. The molecule has 28 heavy (non-hydrogen) atoms. The molecule has 0 saturated carbocycles. The molecule has 3 rings (SSSR count). The molecule has 1 heterocycles. The molecule has 148 valence electrons. The average Bonchev–Trinajstić information content (AvgIpc) is 3.12. The number of tetrazole rings is 1. The molecule has 7 nitrogen and oxygen atoms in total. The van der Waals surface area contributed by atoms with Gasteiger partial charge in [-0.2, -0.15) is 0 Å². The van der Waals surface area contributed by atoms with Crippen LogP contribution in [0.1, 0.15) is 30.0 Å². The maximum atomic E-state index is 6.03. The zero-order valence-electron chi connectivity index (χ0n) is 16.3. The van der Waals surface area contributed by atoms with Crippen LogP contribution >= 0.6 is 15.9 Å². The summed E-state index contributed by atoms with van der Waals surface area (Å²) >= 11 is 3.61. The van der Waals surface area contributed by atoms with Gasteiger partial charge in [0.2, 0.25) is 5.95 Å². The minimum atomic E-state index is 0.472. The minimum Gasteiger partial charge on any atom is -0.493 e. The van der Waals surface area contributed by atoms with Crippen molar-refractivity contribution in [1.29, 1.82) is 0 Å². The Kier molecular flexibility index (Phi) is 6.86. The third-order valence-corrected chi connectivity index (χ3v) is 4.76. The van der Waals surface area contributed by atoms with E-state index in [1.54, 1.807) is 11.8 Å². The van der Waals surface area contributed by atoms with Gasteiger partial charge in [0.25, 0.3) is 0 Å². The molecule has 0 spiro atoms. The number of anilines is 1. The number of benzene rings is 2. The standard InChI is InChI=1S/C20H24BrN5O2/c1-4-8-26-20(23-24-25-26)22-12-16-10-17(21)19(18(11-16)27-3)28-13-15-7-5-6-14(2)9-15/h5-7,9-11H,4,8,12-13H2,1-3H3,(H,22,23,25). The van der Waals surface area contributed by atoms with Crippen molar-refractivity contribution >= 4 is 21.9 Å². The number of ether oxygens (including phenoxy) is 2. The number of nitrogens with zero attached hydrogens (tertiary/aromatic N) is 4. The average molecular weight is 446 g/mol. The lowest BCUT2D eigenvalue weighted by atomic mass is 10.1. The van der Waals surface area contributed by atoms with Gasteiger partial charge in [-0.15, -0.1) is 0 Å². The summed E-state index contributed by atoms with van der Waals surface area (Å²) in [6.45, 7) is 5.97. The fraction of sp³-hybridized carbons (Fsp3) is 0.350. The molecule has 0 atom stereocenters. The van der Waals surface area contributed by atoms with E-state index in [9.17, 15) is 0 Å². The first-order valence-electron chi connectivity index (χ1n) is 9.15. The van der Waals surface area contributed by atoms with E-state index in [1.165, 1.54) is 5.56 Å². The Morgan fingerprint density at radius 2 is 2.04 bits per heavy atom. The van der Waals surface area contributed by atoms with Crippen molar-refractivity contribution in [3.63, 3.8) is 0 Å². The fourth-order valence-corrected chi connectivity index (χ4v) is 3.45. The molecule has 0 aliphatic rings. The smallest absolute Gasteiger partial charge is 0.243 e. The van der Waals surface area contributed by atoms with Crippen LogP contribution in [0.25, 0.3) is 0 Å². The summed E-state index contributed by atoms with van der Waals surface area (Å²) in [5.74, 6) is 2.01. The largest absolute Gasteiger partial charge is 0.493 e. The van der Waals surface area contributed by atoms with E-state index in [-0.39, 0.29) is 0 Å². The van der Waals surface area contributed by atoms with Crippen molar-refractivity contribution in [2.75, 3.05) is 12.4 Å². The van der Waals surface area contributed by atoms with Gasteiger partial charge in [0.1, 0.15) is 6.61 Å². The zero-order valence-corrected chi connectivity index (χ0v) is 17.9. The van der Waals surface area contributed by atoms with Crippen LogP contribution in [0, 0.1) is 6.92 Å². The molecular weight excluding hydrogens is 422 g/mol. The first-order valence-corrected chi connectivity index (χ1v) is 9.94. The van der Waals surface area contributed by atoms with Crippen LogP contribution in [0.5, 0.6) is 11.5 Å². The summed E-state index contributed by atoms with van der Waals surface area (Å²) in [4.78, 5) is 0. The van der Waals surface area contributed by atoms with Crippen molar-refractivity contribution in [2.45, 2.75) is 40.0 Å². The lowest BCUT2D eigenvalue weighted by Crippen LogP contribution is -2.09. The van der Waals surface area contributed by atoms with E-state index < -0.39 is 0 Å². The Hall–Kier alpha value is -2.61. The van der Waals surface area contributed by atoms with E-state index in [0.717, 1.165) is 28.6 Å². The van der Waals surface area contributed by atoms with Gasteiger partial charge in [0.05, 0.1) is 11.6 Å². The third-order valence-electron chi connectivity index (χ3n) is 4.17. The molecule has 0 saturated heterocycles. The second kappa shape index (κ2) is 9.54. The number of aromatic nitrogens is 4. The molecular formula is C20H24BrN5O2. The summed E-state index contributed by atoms with van der Waals surface area (Å²) in [5.41, 5.74) is 3.35. The van der Waals surface area contributed by atoms with Crippen LogP contribution in [-0.4, -0.2) is 27.3 Å². The molecule has 0 amide bonds. The summed E-state index contributed by atoms with van der Waals surface area (Å²) < 4.78 is 14.2. The maximum absolute atomic E-state index is 6.03. The summed E-state index contributed by atoms with van der Waals surface area (Å²) in [5, 5.41) is 15.0. The van der Waals surface area contributed by atoms with Gasteiger partial charge in [-0.25, -0.2) is 4.68 Å². The van der Waals surface area contributed by atoms with Gasteiger partial charge in [0, 0.05) is 13.1 Å². The third kappa shape index (κ3) is 5.01.